The van der Waals surface area contributed by atoms with Gasteiger partial charge in [-0.1, -0.05) is 5.16 Å². The lowest BCUT2D eigenvalue weighted by atomic mass is 9.93. The third-order valence-electron chi connectivity index (χ3n) is 3.12. The van der Waals surface area contributed by atoms with Crippen molar-refractivity contribution in [3.63, 3.8) is 0 Å². The molecule has 2 heterocycles. The molecule has 1 N–H and O–H groups in total. The van der Waals surface area contributed by atoms with E-state index in [0.717, 1.165) is 31.9 Å². The molecule has 2 rings (SSSR count). The van der Waals surface area contributed by atoms with Gasteiger partial charge in [0.05, 0.1) is 6.54 Å². The molecular weight excluding hydrogens is 206 g/mol. The number of nitrogens with zero attached hydrogens (tertiary/aromatic N) is 2. The van der Waals surface area contributed by atoms with Gasteiger partial charge in [0.2, 0.25) is 5.89 Å². The highest BCUT2D eigenvalue weighted by Crippen LogP contribution is 2.18. The van der Waals surface area contributed by atoms with Gasteiger partial charge in [-0.2, -0.15) is 4.98 Å². The number of hydrogen-bond acceptors (Lipinski definition) is 5. The number of hydrogen-bond donors (Lipinski definition) is 1. The van der Waals surface area contributed by atoms with Gasteiger partial charge in [0.15, 0.2) is 5.82 Å². The second-order valence-electron chi connectivity index (χ2n) is 4.35. The van der Waals surface area contributed by atoms with Crippen LogP contribution in [0.3, 0.4) is 0 Å². The maximum absolute atomic E-state index is 5.35. The van der Waals surface area contributed by atoms with Crippen molar-refractivity contribution in [2.24, 2.45) is 5.92 Å². The first-order valence-electron chi connectivity index (χ1n) is 5.86. The molecule has 1 unspecified atom stereocenters. The fourth-order valence-corrected chi connectivity index (χ4v) is 2.05. The van der Waals surface area contributed by atoms with Crippen molar-refractivity contribution in [2.75, 3.05) is 13.2 Å². The van der Waals surface area contributed by atoms with Gasteiger partial charge in [-0.05, 0) is 25.7 Å². The first-order valence-corrected chi connectivity index (χ1v) is 5.86. The van der Waals surface area contributed by atoms with Crippen molar-refractivity contribution in [1.82, 2.24) is 15.5 Å². The third-order valence-corrected chi connectivity index (χ3v) is 3.12. The minimum atomic E-state index is 0.475. The zero-order chi connectivity index (χ0) is 11.4. The second-order valence-corrected chi connectivity index (χ2v) is 4.35. The van der Waals surface area contributed by atoms with Crippen molar-refractivity contribution < 1.29 is 9.26 Å². The predicted octanol–water partition coefficient (Wildman–Crippen LogP) is 1.28. The van der Waals surface area contributed by atoms with Crippen molar-refractivity contribution in [3.05, 3.63) is 11.7 Å². The Kier molecular flexibility index (Phi) is 3.90. The van der Waals surface area contributed by atoms with E-state index in [1.165, 1.54) is 0 Å². The summed E-state index contributed by atoms with van der Waals surface area (Å²) >= 11 is 0. The Morgan fingerprint density at radius 2 is 2.19 bits per heavy atom. The summed E-state index contributed by atoms with van der Waals surface area (Å²) in [5.74, 6) is 2.05. The summed E-state index contributed by atoms with van der Waals surface area (Å²) in [6.45, 7) is 6.47. The highest BCUT2D eigenvalue weighted by atomic mass is 16.5. The van der Waals surface area contributed by atoms with E-state index < -0.39 is 0 Å². The van der Waals surface area contributed by atoms with Crippen LogP contribution in [0, 0.1) is 12.8 Å². The molecule has 0 saturated carbocycles. The average Bonchev–Trinajstić information content (AvgIpc) is 2.73. The quantitative estimate of drug-likeness (QED) is 0.836. The summed E-state index contributed by atoms with van der Waals surface area (Å²) in [5.41, 5.74) is 0. The fourth-order valence-electron chi connectivity index (χ4n) is 2.05. The molecular formula is C11H19N3O2. The molecule has 5 heteroatoms. The molecule has 0 aromatic carbocycles. The minimum absolute atomic E-state index is 0.475. The SMILES string of the molecule is Cc1nc(CNC(C)C2CCOCC2)no1. The number of ether oxygens (including phenoxy) is 1. The van der Waals surface area contributed by atoms with Crippen LogP contribution in [0.5, 0.6) is 0 Å². The number of rotatable bonds is 4. The highest BCUT2D eigenvalue weighted by molar-refractivity contribution is 4.85. The van der Waals surface area contributed by atoms with Gasteiger partial charge in [-0.15, -0.1) is 0 Å². The molecule has 0 aliphatic carbocycles. The summed E-state index contributed by atoms with van der Waals surface area (Å²) in [6.07, 6.45) is 2.28. The third kappa shape index (κ3) is 3.02. The zero-order valence-electron chi connectivity index (χ0n) is 9.90. The number of aromatic nitrogens is 2. The smallest absolute Gasteiger partial charge is 0.223 e. The highest BCUT2D eigenvalue weighted by Gasteiger charge is 2.20. The maximum Gasteiger partial charge on any atom is 0.223 e. The van der Waals surface area contributed by atoms with Gasteiger partial charge in [-0.3, -0.25) is 0 Å². The predicted molar refractivity (Wildman–Crippen MR) is 58.9 cm³/mol. The Morgan fingerprint density at radius 3 is 2.81 bits per heavy atom. The lowest BCUT2D eigenvalue weighted by Crippen LogP contribution is -2.36. The molecule has 1 aromatic rings. The topological polar surface area (TPSA) is 60.2 Å². The summed E-state index contributed by atoms with van der Waals surface area (Å²) in [5, 5.41) is 7.30. The zero-order valence-corrected chi connectivity index (χ0v) is 9.90. The molecule has 1 aliphatic rings. The van der Waals surface area contributed by atoms with Gasteiger partial charge in [0.1, 0.15) is 0 Å². The van der Waals surface area contributed by atoms with Gasteiger partial charge < -0.3 is 14.6 Å². The van der Waals surface area contributed by atoms with Gasteiger partial charge in [-0.25, -0.2) is 0 Å². The molecule has 0 bridgehead atoms. The first kappa shape index (κ1) is 11.5. The van der Waals surface area contributed by atoms with E-state index in [1.807, 2.05) is 0 Å². The van der Waals surface area contributed by atoms with Crippen LogP contribution in [0.4, 0.5) is 0 Å². The summed E-state index contributed by atoms with van der Waals surface area (Å²) in [4.78, 5) is 4.16. The van der Waals surface area contributed by atoms with Crippen molar-refractivity contribution in [3.8, 4) is 0 Å². The summed E-state index contributed by atoms with van der Waals surface area (Å²) in [6, 6.07) is 0.475. The first-order chi connectivity index (χ1) is 7.75. The molecule has 1 atom stereocenters. The number of aryl methyl sites for hydroxylation is 1. The van der Waals surface area contributed by atoms with Crippen molar-refractivity contribution in [1.29, 1.82) is 0 Å². The van der Waals surface area contributed by atoms with Crippen molar-refractivity contribution >= 4 is 0 Å². The normalized spacial score (nSPS) is 19.9. The van der Waals surface area contributed by atoms with Gasteiger partial charge in [0, 0.05) is 26.2 Å². The van der Waals surface area contributed by atoms with E-state index in [-0.39, 0.29) is 0 Å². The molecule has 0 amide bonds. The van der Waals surface area contributed by atoms with E-state index in [9.17, 15) is 0 Å². The van der Waals surface area contributed by atoms with Gasteiger partial charge in [0.25, 0.3) is 0 Å². The monoisotopic (exact) mass is 225 g/mol. The van der Waals surface area contributed by atoms with E-state index in [0.29, 0.717) is 24.4 Å². The van der Waals surface area contributed by atoms with Crippen LogP contribution in [0.2, 0.25) is 0 Å². The van der Waals surface area contributed by atoms with Crippen LogP contribution in [0.1, 0.15) is 31.5 Å². The molecule has 1 fully saturated rings. The van der Waals surface area contributed by atoms with E-state index in [4.69, 9.17) is 9.26 Å². The van der Waals surface area contributed by atoms with Crippen LogP contribution < -0.4 is 5.32 Å². The average molecular weight is 225 g/mol. The van der Waals surface area contributed by atoms with Crippen LogP contribution in [-0.4, -0.2) is 29.4 Å². The fraction of sp³-hybridized carbons (Fsp3) is 0.818. The lowest BCUT2D eigenvalue weighted by molar-refractivity contribution is 0.0557. The summed E-state index contributed by atoms with van der Waals surface area (Å²) < 4.78 is 10.3. The van der Waals surface area contributed by atoms with E-state index in [2.05, 4.69) is 22.4 Å². The Hall–Kier alpha value is -0.940. The Labute approximate surface area is 95.6 Å². The molecule has 1 aliphatic heterocycles. The van der Waals surface area contributed by atoms with Crippen LogP contribution in [-0.2, 0) is 11.3 Å². The maximum atomic E-state index is 5.35. The van der Waals surface area contributed by atoms with E-state index >= 15 is 0 Å². The Morgan fingerprint density at radius 1 is 1.44 bits per heavy atom. The van der Waals surface area contributed by atoms with E-state index in [1.54, 1.807) is 6.92 Å². The summed E-state index contributed by atoms with van der Waals surface area (Å²) in [7, 11) is 0. The molecule has 0 spiro atoms. The molecule has 1 aromatic heterocycles. The molecule has 90 valence electrons. The molecule has 0 radical (unpaired) electrons. The standard InChI is InChI=1S/C11H19N3O2/c1-8(10-3-5-15-6-4-10)12-7-11-13-9(2)16-14-11/h8,10,12H,3-7H2,1-2H3. The second kappa shape index (κ2) is 5.41. The number of nitrogens with one attached hydrogen (secondary N) is 1. The Balaban J connectivity index is 1.76. The largest absolute Gasteiger partial charge is 0.381 e. The Bertz CT molecular complexity index is 321. The van der Waals surface area contributed by atoms with Crippen LogP contribution in [0.15, 0.2) is 4.52 Å². The molecule has 16 heavy (non-hydrogen) atoms. The lowest BCUT2D eigenvalue weighted by Gasteiger charge is -2.28. The van der Waals surface area contributed by atoms with Crippen LogP contribution >= 0.6 is 0 Å². The van der Waals surface area contributed by atoms with Gasteiger partial charge >= 0.3 is 0 Å². The van der Waals surface area contributed by atoms with Crippen LogP contribution in [0.25, 0.3) is 0 Å². The molecule has 1 saturated heterocycles. The minimum Gasteiger partial charge on any atom is -0.381 e. The van der Waals surface area contributed by atoms with Crippen molar-refractivity contribution in [2.45, 2.75) is 39.3 Å². The molecule has 5 nitrogen and oxygen atoms in total.